The molecule has 1 aliphatic carbocycles. The third kappa shape index (κ3) is 4.14. The molecule has 126 valence electrons. The van der Waals surface area contributed by atoms with Gasteiger partial charge in [-0.15, -0.1) is 11.8 Å². The van der Waals surface area contributed by atoms with E-state index in [1.807, 2.05) is 25.1 Å². The van der Waals surface area contributed by atoms with Crippen LogP contribution in [-0.2, 0) is 4.79 Å². The first-order valence-electron chi connectivity index (χ1n) is 8.50. The van der Waals surface area contributed by atoms with Gasteiger partial charge >= 0.3 is 0 Å². The molecule has 2 aliphatic rings. The van der Waals surface area contributed by atoms with Gasteiger partial charge in [-0.25, -0.2) is 0 Å². The Labute approximate surface area is 142 Å². The van der Waals surface area contributed by atoms with Crippen molar-refractivity contribution in [2.75, 3.05) is 13.2 Å². The van der Waals surface area contributed by atoms with E-state index in [-0.39, 0.29) is 11.2 Å². The average molecular weight is 335 g/mol. The monoisotopic (exact) mass is 335 g/mol. The maximum atomic E-state index is 12.5. The maximum absolute atomic E-state index is 12.5. The number of hydrogen-bond donors (Lipinski definition) is 1. The standard InChI is InChI=1S/C18H25NO3S/c1-12-5-3-4-6-15(12)19-18(20)13(2)23-14-7-8-16-17(11-14)22-10-9-21-16/h7-8,11-13,15H,3-6,9-10H2,1-2H3,(H,19,20)/t12-,13+,15-/m0/s1. The normalized spacial score (nSPS) is 24.8. The minimum Gasteiger partial charge on any atom is -0.486 e. The number of carbonyl (C=O) groups is 1. The molecular weight excluding hydrogens is 310 g/mol. The Morgan fingerprint density at radius 3 is 2.74 bits per heavy atom. The maximum Gasteiger partial charge on any atom is 0.233 e. The van der Waals surface area contributed by atoms with Crippen LogP contribution in [-0.4, -0.2) is 30.4 Å². The predicted octanol–water partition coefficient (Wildman–Crippen LogP) is 3.63. The molecule has 0 spiro atoms. The Hall–Kier alpha value is -1.36. The Balaban J connectivity index is 1.57. The van der Waals surface area contributed by atoms with Gasteiger partial charge in [-0.05, 0) is 43.9 Å². The number of carbonyl (C=O) groups excluding carboxylic acids is 1. The Morgan fingerprint density at radius 1 is 1.22 bits per heavy atom. The van der Waals surface area contributed by atoms with Crippen molar-refractivity contribution in [3.05, 3.63) is 18.2 Å². The summed E-state index contributed by atoms with van der Waals surface area (Å²) < 4.78 is 11.1. The molecule has 0 aromatic heterocycles. The van der Waals surface area contributed by atoms with Gasteiger partial charge in [0.2, 0.25) is 5.91 Å². The molecule has 1 aromatic rings. The van der Waals surface area contributed by atoms with E-state index >= 15 is 0 Å². The van der Waals surface area contributed by atoms with E-state index in [0.717, 1.165) is 22.8 Å². The van der Waals surface area contributed by atoms with Crippen LogP contribution >= 0.6 is 11.8 Å². The lowest BCUT2D eigenvalue weighted by Gasteiger charge is -2.30. The van der Waals surface area contributed by atoms with Crippen molar-refractivity contribution in [3.63, 3.8) is 0 Å². The molecular formula is C18H25NO3S. The lowest BCUT2D eigenvalue weighted by molar-refractivity contribution is -0.121. The summed E-state index contributed by atoms with van der Waals surface area (Å²) in [5.41, 5.74) is 0. The van der Waals surface area contributed by atoms with E-state index < -0.39 is 0 Å². The second kappa shape index (κ2) is 7.47. The number of benzene rings is 1. The minimum absolute atomic E-state index is 0.119. The summed E-state index contributed by atoms with van der Waals surface area (Å²) in [6.45, 7) is 5.38. The van der Waals surface area contributed by atoms with Gasteiger partial charge in [-0.1, -0.05) is 19.8 Å². The molecule has 0 radical (unpaired) electrons. The van der Waals surface area contributed by atoms with Crippen molar-refractivity contribution >= 4 is 17.7 Å². The third-order valence-electron chi connectivity index (χ3n) is 4.63. The van der Waals surface area contributed by atoms with E-state index in [9.17, 15) is 4.79 Å². The number of amides is 1. The summed E-state index contributed by atoms with van der Waals surface area (Å²) in [6.07, 6.45) is 4.83. The number of hydrogen-bond acceptors (Lipinski definition) is 4. The van der Waals surface area contributed by atoms with E-state index in [1.165, 1.54) is 19.3 Å². The van der Waals surface area contributed by atoms with Crippen molar-refractivity contribution in [1.82, 2.24) is 5.32 Å². The number of nitrogens with one attached hydrogen (secondary N) is 1. The Kier molecular flexibility index (Phi) is 5.36. The molecule has 0 saturated heterocycles. The topological polar surface area (TPSA) is 47.6 Å². The van der Waals surface area contributed by atoms with Crippen molar-refractivity contribution in [3.8, 4) is 11.5 Å². The molecule has 23 heavy (non-hydrogen) atoms. The molecule has 1 amide bonds. The number of thioether (sulfide) groups is 1. The molecule has 1 saturated carbocycles. The highest BCUT2D eigenvalue weighted by Crippen LogP contribution is 2.35. The smallest absolute Gasteiger partial charge is 0.233 e. The van der Waals surface area contributed by atoms with Crippen LogP contribution in [0.5, 0.6) is 11.5 Å². The van der Waals surface area contributed by atoms with Crippen LogP contribution in [0.15, 0.2) is 23.1 Å². The SMILES string of the molecule is C[C@@H](Sc1ccc2c(c1)OCCO2)C(=O)N[C@H]1CCCC[C@@H]1C. The van der Waals surface area contributed by atoms with Gasteiger partial charge in [0.1, 0.15) is 13.2 Å². The molecule has 3 atom stereocenters. The molecule has 0 unspecified atom stereocenters. The largest absolute Gasteiger partial charge is 0.486 e. The van der Waals surface area contributed by atoms with Crippen LogP contribution in [0.2, 0.25) is 0 Å². The van der Waals surface area contributed by atoms with Crippen molar-refractivity contribution in [1.29, 1.82) is 0 Å². The number of ether oxygens (including phenoxy) is 2. The highest BCUT2D eigenvalue weighted by atomic mass is 32.2. The van der Waals surface area contributed by atoms with Crippen LogP contribution in [0.1, 0.15) is 39.5 Å². The minimum atomic E-state index is -0.119. The Morgan fingerprint density at radius 2 is 1.96 bits per heavy atom. The second-order valence-corrected chi connectivity index (χ2v) is 7.86. The van der Waals surface area contributed by atoms with Crippen LogP contribution in [0.3, 0.4) is 0 Å². The van der Waals surface area contributed by atoms with Crippen LogP contribution in [0.25, 0.3) is 0 Å². The van der Waals surface area contributed by atoms with Gasteiger partial charge in [0.25, 0.3) is 0 Å². The van der Waals surface area contributed by atoms with Gasteiger partial charge in [-0.2, -0.15) is 0 Å². The van der Waals surface area contributed by atoms with Crippen molar-refractivity contribution in [2.24, 2.45) is 5.92 Å². The average Bonchev–Trinajstić information content (AvgIpc) is 2.56. The van der Waals surface area contributed by atoms with Gasteiger partial charge < -0.3 is 14.8 Å². The molecule has 1 fully saturated rings. The summed E-state index contributed by atoms with van der Waals surface area (Å²) in [4.78, 5) is 13.5. The zero-order valence-electron chi connectivity index (χ0n) is 13.8. The fourth-order valence-electron chi connectivity index (χ4n) is 3.19. The molecule has 1 heterocycles. The van der Waals surface area contributed by atoms with Crippen molar-refractivity contribution < 1.29 is 14.3 Å². The first-order chi connectivity index (χ1) is 11.1. The number of fused-ring (bicyclic) bond motifs is 1. The molecule has 0 bridgehead atoms. The number of rotatable bonds is 4. The van der Waals surface area contributed by atoms with Gasteiger partial charge in [-0.3, -0.25) is 4.79 Å². The summed E-state index contributed by atoms with van der Waals surface area (Å²) in [5, 5.41) is 3.12. The van der Waals surface area contributed by atoms with E-state index in [4.69, 9.17) is 9.47 Å². The zero-order chi connectivity index (χ0) is 16.2. The molecule has 1 aliphatic heterocycles. The van der Waals surface area contributed by atoms with E-state index in [1.54, 1.807) is 11.8 Å². The highest BCUT2D eigenvalue weighted by molar-refractivity contribution is 8.00. The Bertz CT molecular complexity index is 563. The lowest BCUT2D eigenvalue weighted by atomic mass is 9.86. The molecule has 3 rings (SSSR count). The van der Waals surface area contributed by atoms with Gasteiger partial charge in [0.05, 0.1) is 5.25 Å². The van der Waals surface area contributed by atoms with Crippen LogP contribution in [0, 0.1) is 5.92 Å². The summed E-state index contributed by atoms with van der Waals surface area (Å²) in [6, 6.07) is 6.21. The lowest BCUT2D eigenvalue weighted by Crippen LogP contribution is -2.44. The van der Waals surface area contributed by atoms with Gasteiger partial charge in [0, 0.05) is 10.9 Å². The highest BCUT2D eigenvalue weighted by Gasteiger charge is 2.25. The molecule has 1 N–H and O–H groups in total. The summed E-state index contributed by atoms with van der Waals surface area (Å²) in [7, 11) is 0. The first kappa shape index (κ1) is 16.5. The quantitative estimate of drug-likeness (QED) is 0.854. The summed E-state index contributed by atoms with van der Waals surface area (Å²) in [5.74, 6) is 2.27. The van der Waals surface area contributed by atoms with Crippen LogP contribution in [0.4, 0.5) is 0 Å². The third-order valence-corrected chi connectivity index (χ3v) is 5.73. The van der Waals surface area contributed by atoms with Gasteiger partial charge in [0.15, 0.2) is 11.5 Å². The fraction of sp³-hybridized carbons (Fsp3) is 0.611. The molecule has 5 heteroatoms. The molecule has 4 nitrogen and oxygen atoms in total. The van der Waals surface area contributed by atoms with E-state index in [2.05, 4.69) is 12.2 Å². The van der Waals surface area contributed by atoms with E-state index in [0.29, 0.717) is 25.2 Å². The first-order valence-corrected chi connectivity index (χ1v) is 9.38. The fourth-order valence-corrected chi connectivity index (χ4v) is 4.09. The molecule has 1 aromatic carbocycles. The summed E-state index contributed by atoms with van der Waals surface area (Å²) >= 11 is 1.57. The van der Waals surface area contributed by atoms with Crippen LogP contribution < -0.4 is 14.8 Å². The zero-order valence-corrected chi connectivity index (χ0v) is 14.7. The van der Waals surface area contributed by atoms with Crippen molar-refractivity contribution in [2.45, 2.75) is 55.7 Å². The second-order valence-electron chi connectivity index (χ2n) is 6.44. The predicted molar refractivity (Wildman–Crippen MR) is 92.3 cm³/mol.